The molecule has 1 aliphatic heterocycles. The zero-order chi connectivity index (χ0) is 27.5. The van der Waals surface area contributed by atoms with Crippen molar-refractivity contribution in [1.29, 1.82) is 0 Å². The van der Waals surface area contributed by atoms with Gasteiger partial charge in [0.1, 0.15) is 5.69 Å². The van der Waals surface area contributed by atoms with Crippen LogP contribution in [0.1, 0.15) is 25.7 Å². The molecule has 2 aromatic carbocycles. The first-order valence-corrected chi connectivity index (χ1v) is 14.0. The Morgan fingerprint density at radius 3 is 1.78 bits per heavy atom. The van der Waals surface area contributed by atoms with E-state index in [1.807, 2.05) is 0 Å². The Bertz CT molecular complexity index is 1410. The molecule has 5 N–H and O–H groups in total. The van der Waals surface area contributed by atoms with Crippen molar-refractivity contribution in [1.82, 2.24) is 4.90 Å². The highest BCUT2D eigenvalue weighted by Gasteiger charge is 2.32. The fourth-order valence-electron chi connectivity index (χ4n) is 3.84. The molecule has 0 radical (unpaired) electrons. The summed E-state index contributed by atoms with van der Waals surface area (Å²) in [6.45, 7) is 1.98. The van der Waals surface area contributed by atoms with Gasteiger partial charge in [0, 0.05) is 37.3 Å². The van der Waals surface area contributed by atoms with Crippen LogP contribution in [0.4, 0.5) is 21.5 Å². The lowest BCUT2D eigenvalue weighted by Gasteiger charge is -2.32. The van der Waals surface area contributed by atoms with Gasteiger partial charge in [-0.05, 0) is 49.9 Å². The van der Waals surface area contributed by atoms with Gasteiger partial charge < -0.3 is 10.2 Å². The molecule has 14 nitrogen and oxygen atoms in total. The number of piperidine rings is 1. The SMILES string of the molecule is NS(=O)(=O)c1ccc(F)c([N+](=O)[O-])c1.NS(=O)(=O)c1ccc(NC2CCN(C3CC3)CC2)c([N+](=O)[O-])c1. The Kier molecular flexibility index (Phi) is 8.43. The fourth-order valence-corrected chi connectivity index (χ4v) is 4.91. The molecule has 0 bridgehead atoms. The van der Waals surface area contributed by atoms with Crippen LogP contribution >= 0.6 is 0 Å². The van der Waals surface area contributed by atoms with E-state index < -0.39 is 46.3 Å². The Morgan fingerprint density at radius 2 is 1.32 bits per heavy atom. The average Bonchev–Trinajstić information content (AvgIpc) is 3.64. The molecule has 202 valence electrons. The predicted molar refractivity (Wildman–Crippen MR) is 130 cm³/mol. The zero-order valence-electron chi connectivity index (χ0n) is 19.3. The van der Waals surface area contributed by atoms with Crippen LogP contribution < -0.4 is 15.6 Å². The maximum Gasteiger partial charge on any atom is 0.306 e. The van der Waals surface area contributed by atoms with Crippen molar-refractivity contribution in [3.63, 3.8) is 0 Å². The highest BCUT2D eigenvalue weighted by molar-refractivity contribution is 7.89. The first kappa shape index (κ1) is 28.3. The van der Waals surface area contributed by atoms with E-state index in [1.165, 1.54) is 25.0 Å². The third-order valence-electron chi connectivity index (χ3n) is 5.89. The number of likely N-dealkylation sites (tertiary alicyclic amines) is 1. The number of halogens is 1. The van der Waals surface area contributed by atoms with Crippen molar-refractivity contribution >= 4 is 37.1 Å². The van der Waals surface area contributed by atoms with Gasteiger partial charge >= 0.3 is 5.69 Å². The number of nitro benzene ring substituents is 2. The second-order valence-electron chi connectivity index (χ2n) is 8.58. The number of rotatable bonds is 7. The second-order valence-corrected chi connectivity index (χ2v) is 11.7. The number of nitrogens with two attached hydrogens (primary N) is 2. The number of benzene rings is 2. The highest BCUT2D eigenvalue weighted by Crippen LogP contribution is 2.32. The molecule has 1 aliphatic carbocycles. The molecule has 1 saturated heterocycles. The van der Waals surface area contributed by atoms with Crippen molar-refractivity contribution in [3.8, 4) is 0 Å². The van der Waals surface area contributed by atoms with Crippen molar-refractivity contribution in [3.05, 3.63) is 62.4 Å². The van der Waals surface area contributed by atoms with Crippen LogP contribution in [0.15, 0.2) is 46.2 Å². The lowest BCUT2D eigenvalue weighted by Crippen LogP contribution is -2.40. The lowest BCUT2D eigenvalue weighted by molar-refractivity contribution is -0.387. The van der Waals surface area contributed by atoms with Crippen LogP contribution in [0.25, 0.3) is 0 Å². The lowest BCUT2D eigenvalue weighted by atomic mass is 10.0. The molecule has 0 unspecified atom stereocenters. The maximum atomic E-state index is 12.7. The molecule has 0 atom stereocenters. The molecule has 2 aromatic rings. The molecule has 2 aliphatic rings. The Labute approximate surface area is 211 Å². The van der Waals surface area contributed by atoms with Crippen LogP contribution in [0.5, 0.6) is 0 Å². The van der Waals surface area contributed by atoms with E-state index in [0.717, 1.165) is 44.1 Å². The van der Waals surface area contributed by atoms with Gasteiger partial charge in [-0.1, -0.05) is 0 Å². The van der Waals surface area contributed by atoms with Crippen LogP contribution in [0.3, 0.4) is 0 Å². The monoisotopic (exact) mass is 560 g/mol. The van der Waals surface area contributed by atoms with Crippen LogP contribution in [-0.2, 0) is 20.0 Å². The summed E-state index contributed by atoms with van der Waals surface area (Å²) < 4.78 is 56.9. The van der Waals surface area contributed by atoms with Crippen LogP contribution in [0.2, 0.25) is 0 Å². The number of anilines is 1. The molecule has 0 amide bonds. The van der Waals surface area contributed by atoms with Crippen LogP contribution in [0, 0.1) is 26.0 Å². The van der Waals surface area contributed by atoms with Gasteiger partial charge in [0.2, 0.25) is 25.9 Å². The minimum atomic E-state index is -4.05. The van der Waals surface area contributed by atoms with Gasteiger partial charge in [-0.3, -0.25) is 20.2 Å². The molecular weight excluding hydrogens is 535 g/mol. The summed E-state index contributed by atoms with van der Waals surface area (Å²) in [5.74, 6) is -1.11. The van der Waals surface area contributed by atoms with Gasteiger partial charge in [0.15, 0.2) is 0 Å². The average molecular weight is 561 g/mol. The molecular formula is C20H25FN6O8S2. The summed E-state index contributed by atoms with van der Waals surface area (Å²) in [4.78, 5) is 21.6. The topological polar surface area (TPSA) is 222 Å². The van der Waals surface area contributed by atoms with Gasteiger partial charge in [0.05, 0.1) is 19.6 Å². The zero-order valence-corrected chi connectivity index (χ0v) is 21.0. The molecule has 2 fully saturated rings. The number of nitrogens with zero attached hydrogens (tertiary/aromatic N) is 3. The summed E-state index contributed by atoms with van der Waals surface area (Å²) >= 11 is 0. The summed E-state index contributed by atoms with van der Waals surface area (Å²) in [7, 11) is -8.00. The predicted octanol–water partition coefficient (Wildman–Crippen LogP) is 1.66. The standard InChI is InChI=1S/C14H20N4O4S.C6H5FN2O4S/c15-23(21,22)12-3-4-13(14(9-12)18(19)20)16-10-5-7-17(8-6-10)11-1-2-11;7-5-2-1-4(14(8,12)13)3-6(5)9(10)11/h3-4,9-11,16H,1-2,5-8H2,(H2,15,21,22);1-3H,(H2,8,12,13). The molecule has 0 aromatic heterocycles. The minimum absolute atomic E-state index is 0.157. The minimum Gasteiger partial charge on any atom is -0.377 e. The molecule has 0 spiro atoms. The van der Waals surface area contributed by atoms with Crippen LogP contribution in [-0.4, -0.2) is 56.8 Å². The molecule has 1 heterocycles. The smallest absolute Gasteiger partial charge is 0.306 e. The second kappa shape index (κ2) is 11.0. The van der Waals surface area contributed by atoms with E-state index >= 15 is 0 Å². The van der Waals surface area contributed by atoms with E-state index in [1.54, 1.807) is 0 Å². The van der Waals surface area contributed by atoms with E-state index in [0.29, 0.717) is 17.8 Å². The van der Waals surface area contributed by atoms with E-state index in [9.17, 15) is 41.5 Å². The summed E-state index contributed by atoms with van der Waals surface area (Å²) in [5, 5.41) is 34.4. The normalized spacial score (nSPS) is 16.9. The third-order valence-corrected chi connectivity index (χ3v) is 7.71. The molecule has 17 heteroatoms. The number of nitrogens with one attached hydrogen (secondary N) is 1. The first-order chi connectivity index (χ1) is 17.2. The van der Waals surface area contributed by atoms with E-state index in [-0.39, 0.29) is 16.6 Å². The number of sulfonamides is 2. The summed E-state index contributed by atoms with van der Waals surface area (Å²) in [6.07, 6.45) is 4.40. The maximum absolute atomic E-state index is 12.7. The summed E-state index contributed by atoms with van der Waals surface area (Å²) in [5.41, 5.74) is -0.843. The van der Waals surface area contributed by atoms with Crippen molar-refractivity contribution in [2.75, 3.05) is 18.4 Å². The number of nitro groups is 2. The quantitative estimate of drug-likeness (QED) is 0.328. The van der Waals surface area contributed by atoms with Gasteiger partial charge in [0.25, 0.3) is 5.69 Å². The summed E-state index contributed by atoms with van der Waals surface area (Å²) in [6, 6.07) is 6.73. The van der Waals surface area contributed by atoms with E-state index in [4.69, 9.17) is 10.3 Å². The highest BCUT2D eigenvalue weighted by atomic mass is 32.2. The molecule has 37 heavy (non-hydrogen) atoms. The third kappa shape index (κ3) is 7.62. The van der Waals surface area contributed by atoms with Crippen molar-refractivity contribution in [2.45, 2.75) is 47.6 Å². The Morgan fingerprint density at radius 1 is 0.838 bits per heavy atom. The van der Waals surface area contributed by atoms with E-state index in [2.05, 4.69) is 10.2 Å². The first-order valence-electron chi connectivity index (χ1n) is 11.0. The van der Waals surface area contributed by atoms with Gasteiger partial charge in [-0.2, -0.15) is 4.39 Å². The van der Waals surface area contributed by atoms with Crippen molar-refractivity contribution in [2.24, 2.45) is 10.3 Å². The van der Waals surface area contributed by atoms with Crippen molar-refractivity contribution < 1.29 is 31.1 Å². The molecule has 4 rings (SSSR count). The molecule has 1 saturated carbocycles. The number of hydrogen-bond acceptors (Lipinski definition) is 10. The Hall–Kier alpha value is -3.25. The number of hydrogen-bond donors (Lipinski definition) is 3. The van der Waals surface area contributed by atoms with Gasteiger partial charge in [-0.25, -0.2) is 27.1 Å². The largest absolute Gasteiger partial charge is 0.377 e. The Balaban J connectivity index is 0.000000233. The fraction of sp³-hybridized carbons (Fsp3) is 0.400. The number of primary sulfonamides is 2. The van der Waals surface area contributed by atoms with Gasteiger partial charge in [-0.15, -0.1) is 0 Å².